The predicted molar refractivity (Wildman–Crippen MR) is 99.1 cm³/mol. The molecule has 0 bridgehead atoms. The first-order valence-electron chi connectivity index (χ1n) is 9.17. The fourth-order valence-electron chi connectivity index (χ4n) is 3.24. The fourth-order valence-corrected chi connectivity index (χ4v) is 3.24. The van der Waals surface area contributed by atoms with Crippen LogP contribution in [-0.2, 0) is 4.79 Å². The summed E-state index contributed by atoms with van der Waals surface area (Å²) in [5.41, 5.74) is 2.79. The summed E-state index contributed by atoms with van der Waals surface area (Å²) >= 11 is 0. The molecule has 4 nitrogen and oxygen atoms in total. The number of hydrogen-bond acceptors (Lipinski definition) is 3. The minimum absolute atomic E-state index is 0.143. The van der Waals surface area contributed by atoms with Crippen LogP contribution in [0.3, 0.4) is 0 Å². The Morgan fingerprint density at radius 2 is 2.00 bits per heavy atom. The molecule has 0 saturated carbocycles. The number of carbonyl (C=O) groups excluding carboxylic acids is 1. The van der Waals surface area contributed by atoms with Gasteiger partial charge in [-0.25, -0.2) is 4.39 Å². The molecule has 1 aliphatic heterocycles. The Labute approximate surface area is 149 Å². The maximum Gasteiger partial charge on any atom is 0.244 e. The molecule has 0 radical (unpaired) electrons. The van der Waals surface area contributed by atoms with E-state index in [-0.39, 0.29) is 23.9 Å². The van der Waals surface area contributed by atoms with Crippen molar-refractivity contribution in [3.05, 3.63) is 41.2 Å². The van der Waals surface area contributed by atoms with E-state index in [1.165, 1.54) is 12.1 Å². The molecule has 1 saturated heterocycles. The molecular weight excluding hydrogens is 319 g/mol. The summed E-state index contributed by atoms with van der Waals surface area (Å²) in [6.45, 7) is 7.40. The average molecular weight is 348 g/mol. The van der Waals surface area contributed by atoms with Crippen LogP contribution >= 0.6 is 0 Å². The zero-order valence-electron chi connectivity index (χ0n) is 15.4. The minimum Gasteiger partial charge on any atom is -0.393 e. The second-order valence-corrected chi connectivity index (χ2v) is 6.66. The van der Waals surface area contributed by atoms with Gasteiger partial charge < -0.3 is 15.3 Å². The Kier molecular flexibility index (Phi) is 7.00. The summed E-state index contributed by atoms with van der Waals surface area (Å²) in [5, 5.41) is 12.6. The molecule has 25 heavy (non-hydrogen) atoms. The standard InChI is InChI=1S/C20H29FN2O2/c1-4-15(5-2)12-20(25)22-14(3)18-13-16(21)6-7-19(18)23-10-8-17(24)9-11-23/h6-7,12-14,17,24H,4-5,8-11H2,1-3H3,(H,22,25). The van der Waals surface area contributed by atoms with E-state index >= 15 is 0 Å². The number of hydrogen-bond donors (Lipinski definition) is 2. The van der Waals surface area contributed by atoms with Crippen molar-refractivity contribution in [2.24, 2.45) is 0 Å². The highest BCUT2D eigenvalue weighted by atomic mass is 19.1. The summed E-state index contributed by atoms with van der Waals surface area (Å²) in [6, 6.07) is 4.42. The smallest absolute Gasteiger partial charge is 0.244 e. The van der Waals surface area contributed by atoms with Gasteiger partial charge in [-0.15, -0.1) is 0 Å². The molecule has 1 heterocycles. The van der Waals surface area contributed by atoms with Gasteiger partial charge in [-0.1, -0.05) is 19.4 Å². The number of piperidine rings is 1. The van der Waals surface area contributed by atoms with E-state index < -0.39 is 0 Å². The quantitative estimate of drug-likeness (QED) is 0.771. The molecule has 5 heteroatoms. The molecule has 2 rings (SSSR count). The van der Waals surface area contributed by atoms with Crippen molar-refractivity contribution in [2.75, 3.05) is 18.0 Å². The fraction of sp³-hybridized carbons (Fsp3) is 0.550. The van der Waals surface area contributed by atoms with Crippen LogP contribution in [0.2, 0.25) is 0 Å². The van der Waals surface area contributed by atoms with Gasteiger partial charge in [0.1, 0.15) is 5.82 Å². The van der Waals surface area contributed by atoms with E-state index in [9.17, 15) is 14.3 Å². The monoisotopic (exact) mass is 348 g/mol. The highest BCUT2D eigenvalue weighted by molar-refractivity contribution is 5.88. The van der Waals surface area contributed by atoms with Crippen LogP contribution in [0.4, 0.5) is 10.1 Å². The molecule has 1 aromatic rings. The summed E-state index contributed by atoms with van der Waals surface area (Å²) in [4.78, 5) is 14.4. The molecule has 1 aliphatic rings. The number of aliphatic hydroxyl groups excluding tert-OH is 1. The van der Waals surface area contributed by atoms with Gasteiger partial charge in [-0.05, 0) is 50.8 Å². The van der Waals surface area contributed by atoms with E-state index in [4.69, 9.17) is 0 Å². The number of benzene rings is 1. The van der Waals surface area contributed by atoms with Gasteiger partial charge in [0.25, 0.3) is 0 Å². The van der Waals surface area contributed by atoms with Gasteiger partial charge in [0.15, 0.2) is 0 Å². The van der Waals surface area contributed by atoms with Gasteiger partial charge in [0.05, 0.1) is 12.1 Å². The minimum atomic E-state index is -0.310. The number of allylic oxidation sites excluding steroid dienone is 1. The Morgan fingerprint density at radius 1 is 1.36 bits per heavy atom. The third-order valence-corrected chi connectivity index (χ3v) is 4.86. The highest BCUT2D eigenvalue weighted by Gasteiger charge is 2.22. The van der Waals surface area contributed by atoms with Crippen molar-refractivity contribution in [1.29, 1.82) is 0 Å². The maximum atomic E-state index is 13.8. The Bertz CT molecular complexity index is 616. The van der Waals surface area contributed by atoms with Crippen LogP contribution in [-0.4, -0.2) is 30.2 Å². The zero-order valence-corrected chi connectivity index (χ0v) is 15.4. The van der Waals surface area contributed by atoms with Crippen molar-refractivity contribution < 1.29 is 14.3 Å². The molecule has 1 aromatic carbocycles. The lowest BCUT2D eigenvalue weighted by Crippen LogP contribution is -2.37. The van der Waals surface area contributed by atoms with Crippen molar-refractivity contribution in [3.8, 4) is 0 Å². The number of amides is 1. The highest BCUT2D eigenvalue weighted by Crippen LogP contribution is 2.29. The van der Waals surface area contributed by atoms with Crippen molar-refractivity contribution in [3.63, 3.8) is 0 Å². The summed E-state index contributed by atoms with van der Waals surface area (Å²) in [6.07, 6.45) is 4.49. The Morgan fingerprint density at radius 3 is 2.60 bits per heavy atom. The molecule has 1 atom stereocenters. The van der Waals surface area contributed by atoms with Gasteiger partial charge >= 0.3 is 0 Å². The lowest BCUT2D eigenvalue weighted by molar-refractivity contribution is -0.117. The maximum absolute atomic E-state index is 13.8. The van der Waals surface area contributed by atoms with E-state index in [0.717, 1.165) is 42.8 Å². The van der Waals surface area contributed by atoms with E-state index in [0.29, 0.717) is 12.8 Å². The Balaban J connectivity index is 2.18. The summed E-state index contributed by atoms with van der Waals surface area (Å²) < 4.78 is 13.8. The molecule has 2 N–H and O–H groups in total. The van der Waals surface area contributed by atoms with Crippen molar-refractivity contribution in [2.45, 2.75) is 58.6 Å². The molecule has 138 valence electrons. The Hall–Kier alpha value is -1.88. The van der Waals surface area contributed by atoms with Crippen LogP contribution in [0.1, 0.15) is 58.1 Å². The van der Waals surface area contributed by atoms with Crippen LogP contribution in [0, 0.1) is 5.82 Å². The van der Waals surface area contributed by atoms with Crippen LogP contribution < -0.4 is 10.2 Å². The van der Waals surface area contributed by atoms with Crippen molar-refractivity contribution in [1.82, 2.24) is 5.32 Å². The first kappa shape index (κ1) is 19.4. The molecule has 1 fully saturated rings. The van der Waals surface area contributed by atoms with Crippen LogP contribution in [0.25, 0.3) is 0 Å². The molecule has 0 aliphatic carbocycles. The van der Waals surface area contributed by atoms with E-state index in [1.807, 2.05) is 20.8 Å². The van der Waals surface area contributed by atoms with Gasteiger partial charge in [-0.2, -0.15) is 0 Å². The van der Waals surface area contributed by atoms with Gasteiger partial charge in [0.2, 0.25) is 5.91 Å². The number of aliphatic hydroxyl groups is 1. The molecular formula is C20H29FN2O2. The zero-order chi connectivity index (χ0) is 18.4. The molecule has 1 amide bonds. The molecule has 0 spiro atoms. The second kappa shape index (κ2) is 8.99. The first-order valence-corrected chi connectivity index (χ1v) is 9.17. The molecule has 0 aromatic heterocycles. The van der Waals surface area contributed by atoms with E-state index in [1.54, 1.807) is 12.1 Å². The van der Waals surface area contributed by atoms with Crippen molar-refractivity contribution >= 4 is 11.6 Å². The van der Waals surface area contributed by atoms with E-state index in [2.05, 4.69) is 10.2 Å². The summed E-state index contributed by atoms with van der Waals surface area (Å²) in [7, 11) is 0. The first-order chi connectivity index (χ1) is 11.9. The number of anilines is 1. The third-order valence-electron chi connectivity index (χ3n) is 4.86. The lowest BCUT2D eigenvalue weighted by atomic mass is 10.0. The van der Waals surface area contributed by atoms with Gasteiger partial charge in [-0.3, -0.25) is 4.79 Å². The second-order valence-electron chi connectivity index (χ2n) is 6.66. The number of carbonyl (C=O) groups is 1. The number of rotatable bonds is 6. The third kappa shape index (κ3) is 5.30. The summed E-state index contributed by atoms with van der Waals surface area (Å²) in [5.74, 6) is -0.453. The number of nitrogens with zero attached hydrogens (tertiary/aromatic N) is 1. The number of nitrogens with one attached hydrogen (secondary N) is 1. The molecule has 1 unspecified atom stereocenters. The predicted octanol–water partition coefficient (Wildman–Crippen LogP) is 3.71. The topological polar surface area (TPSA) is 52.6 Å². The lowest BCUT2D eigenvalue weighted by Gasteiger charge is -2.34. The normalized spacial score (nSPS) is 16.4. The van der Waals surface area contributed by atoms with Gasteiger partial charge in [0, 0.05) is 30.4 Å². The SMILES string of the molecule is CCC(=CC(=O)NC(C)c1cc(F)ccc1N1CCC(O)CC1)CC. The van der Waals surface area contributed by atoms with Crippen LogP contribution in [0.5, 0.6) is 0 Å². The number of halogens is 1. The average Bonchev–Trinajstić information content (AvgIpc) is 2.60. The van der Waals surface area contributed by atoms with Crippen LogP contribution in [0.15, 0.2) is 29.8 Å². The largest absolute Gasteiger partial charge is 0.393 e.